The van der Waals surface area contributed by atoms with Crippen LogP contribution in [0.5, 0.6) is 0 Å². The van der Waals surface area contributed by atoms with E-state index in [1.807, 2.05) is 42.9 Å². The molecule has 0 radical (unpaired) electrons. The van der Waals surface area contributed by atoms with Crippen LogP contribution in [0, 0.1) is 12.8 Å². The summed E-state index contributed by atoms with van der Waals surface area (Å²) in [6.07, 6.45) is 4.21. The Balaban J connectivity index is 1.50. The molecule has 0 unspecified atom stereocenters. The molecule has 164 valence electrons. The lowest BCUT2D eigenvalue weighted by Gasteiger charge is -2.36. The molecule has 3 heterocycles. The van der Waals surface area contributed by atoms with E-state index < -0.39 is 5.67 Å². The minimum absolute atomic E-state index is 0.0334. The molecule has 0 aliphatic carbocycles. The first kappa shape index (κ1) is 21.6. The van der Waals surface area contributed by atoms with Crippen LogP contribution in [-0.4, -0.2) is 50.5 Å². The summed E-state index contributed by atoms with van der Waals surface area (Å²) in [6.45, 7) is 8.52. The van der Waals surface area contributed by atoms with Crippen molar-refractivity contribution in [2.75, 3.05) is 19.6 Å². The second-order valence-electron chi connectivity index (χ2n) is 9.25. The third-order valence-electron chi connectivity index (χ3n) is 6.41. The summed E-state index contributed by atoms with van der Waals surface area (Å²) in [5, 5.41) is 1.99. The van der Waals surface area contributed by atoms with Crippen molar-refractivity contribution in [1.82, 2.24) is 19.4 Å². The molecule has 2 aromatic heterocycles. The van der Waals surface area contributed by atoms with Gasteiger partial charge in [-0.3, -0.25) is 9.78 Å². The molecule has 0 bridgehead atoms. The molecule has 0 atom stereocenters. The number of ketones is 1. The molecule has 5 nitrogen and oxygen atoms in total. The van der Waals surface area contributed by atoms with Crippen LogP contribution in [0.2, 0.25) is 0 Å². The number of carbonyl (C=O) groups is 1. The fourth-order valence-corrected chi connectivity index (χ4v) is 4.42. The average molecular weight is 423 g/mol. The fraction of sp³-hybridized carbons (Fsp3) is 0.480. The fourth-order valence-electron chi connectivity index (χ4n) is 4.42. The quantitative estimate of drug-likeness (QED) is 0.586. The highest BCUT2D eigenvalue weighted by Crippen LogP contribution is 2.30. The molecule has 1 aliphatic heterocycles. The number of aryl methyl sites for hydroxylation is 1. The van der Waals surface area contributed by atoms with Gasteiger partial charge in [-0.2, -0.15) is 0 Å². The highest BCUT2D eigenvalue weighted by Gasteiger charge is 2.41. The number of alkyl halides is 1. The normalized spacial score (nSPS) is 16.8. The number of nitrogens with zero attached hydrogens (tertiary/aromatic N) is 4. The minimum atomic E-state index is -1.74. The first-order chi connectivity index (χ1) is 14.7. The Hall–Kier alpha value is -2.60. The van der Waals surface area contributed by atoms with E-state index >= 15 is 4.39 Å². The van der Waals surface area contributed by atoms with Crippen LogP contribution in [0.3, 0.4) is 0 Å². The third-order valence-corrected chi connectivity index (χ3v) is 6.41. The molecule has 1 aromatic carbocycles. The van der Waals surface area contributed by atoms with E-state index in [2.05, 4.69) is 34.8 Å². The second-order valence-corrected chi connectivity index (χ2v) is 9.25. The van der Waals surface area contributed by atoms with Crippen molar-refractivity contribution in [2.45, 2.75) is 45.7 Å². The molecule has 1 saturated heterocycles. The van der Waals surface area contributed by atoms with Gasteiger partial charge in [0.25, 0.3) is 0 Å². The molecule has 1 aliphatic rings. The molecule has 0 spiro atoms. The number of carbonyl (C=O) groups excluding carboxylic acids is 1. The summed E-state index contributed by atoms with van der Waals surface area (Å²) in [7, 11) is 1.99. The van der Waals surface area contributed by atoms with E-state index in [1.54, 1.807) is 6.20 Å². The van der Waals surface area contributed by atoms with Gasteiger partial charge in [0.05, 0.1) is 18.3 Å². The van der Waals surface area contributed by atoms with Gasteiger partial charge < -0.3 is 9.47 Å². The Kier molecular flexibility index (Phi) is 5.93. The van der Waals surface area contributed by atoms with Crippen LogP contribution in [0.15, 0.2) is 36.7 Å². The molecule has 31 heavy (non-hydrogen) atoms. The van der Waals surface area contributed by atoms with Crippen molar-refractivity contribution in [2.24, 2.45) is 13.0 Å². The van der Waals surface area contributed by atoms with E-state index in [0.29, 0.717) is 24.7 Å². The first-order valence-corrected chi connectivity index (χ1v) is 11.1. The van der Waals surface area contributed by atoms with Gasteiger partial charge >= 0.3 is 0 Å². The van der Waals surface area contributed by atoms with Crippen molar-refractivity contribution < 1.29 is 9.18 Å². The first-order valence-electron chi connectivity index (χ1n) is 11.1. The lowest BCUT2D eigenvalue weighted by atomic mass is 9.86. The van der Waals surface area contributed by atoms with E-state index in [9.17, 15) is 4.79 Å². The summed E-state index contributed by atoms with van der Waals surface area (Å²) in [6, 6.07) is 8.06. The van der Waals surface area contributed by atoms with Crippen LogP contribution in [0.4, 0.5) is 4.39 Å². The van der Waals surface area contributed by atoms with Crippen LogP contribution in [-0.2, 0) is 18.3 Å². The number of rotatable bonds is 6. The van der Waals surface area contributed by atoms with Gasteiger partial charge in [-0.05, 0) is 30.4 Å². The van der Waals surface area contributed by atoms with Gasteiger partial charge in [0.15, 0.2) is 11.5 Å². The minimum Gasteiger partial charge on any atom is -0.331 e. The highest BCUT2D eigenvalue weighted by atomic mass is 19.1. The average Bonchev–Trinajstić information content (AvgIpc) is 3.07. The van der Waals surface area contributed by atoms with Crippen molar-refractivity contribution in [3.63, 3.8) is 0 Å². The molecule has 0 saturated carbocycles. The third kappa shape index (κ3) is 4.54. The number of aromatic nitrogens is 3. The predicted octanol–water partition coefficient (Wildman–Crippen LogP) is 4.52. The number of benzene rings is 1. The Labute approximate surface area is 183 Å². The van der Waals surface area contributed by atoms with Gasteiger partial charge in [-0.15, -0.1) is 0 Å². The van der Waals surface area contributed by atoms with Crippen LogP contribution in [0.25, 0.3) is 22.0 Å². The van der Waals surface area contributed by atoms with Crippen molar-refractivity contribution >= 4 is 16.6 Å². The van der Waals surface area contributed by atoms with Crippen LogP contribution in [0.1, 0.15) is 38.2 Å². The standard InChI is InChI=1S/C25H31FN4O/c1-17(2)16-30-9-7-25(26,8-10-30)24(31)13-22-12-21-11-19(5-6-20(21)14-28-22)23-15-27-18(3)29(23)4/h5-6,11-12,14-15,17H,7-10,13,16H2,1-4H3. The van der Waals surface area contributed by atoms with Gasteiger partial charge in [-0.25, -0.2) is 9.37 Å². The molecular weight excluding hydrogens is 391 g/mol. The number of piperidine rings is 1. The maximum absolute atomic E-state index is 15.4. The van der Waals surface area contributed by atoms with E-state index in [0.717, 1.165) is 34.4 Å². The highest BCUT2D eigenvalue weighted by molar-refractivity contribution is 5.91. The summed E-state index contributed by atoms with van der Waals surface area (Å²) in [5.74, 6) is 1.15. The Morgan fingerprint density at radius 2 is 1.87 bits per heavy atom. The molecule has 6 heteroatoms. The second kappa shape index (κ2) is 8.50. The maximum atomic E-state index is 15.4. The van der Waals surface area contributed by atoms with Gasteiger partial charge in [0, 0.05) is 62.4 Å². The van der Waals surface area contributed by atoms with Crippen molar-refractivity contribution in [1.29, 1.82) is 0 Å². The summed E-state index contributed by atoms with van der Waals surface area (Å²) in [4.78, 5) is 23.9. The number of fused-ring (bicyclic) bond motifs is 1. The number of pyridine rings is 1. The number of imidazole rings is 1. The zero-order valence-electron chi connectivity index (χ0n) is 18.9. The summed E-state index contributed by atoms with van der Waals surface area (Å²) < 4.78 is 17.4. The molecule has 0 amide bonds. The number of hydrogen-bond acceptors (Lipinski definition) is 4. The Morgan fingerprint density at radius 1 is 1.13 bits per heavy atom. The summed E-state index contributed by atoms with van der Waals surface area (Å²) >= 11 is 0. The number of likely N-dealkylation sites (tertiary alicyclic amines) is 1. The number of Topliss-reactive ketones (excluding diaryl/α,β-unsaturated/α-hetero) is 1. The van der Waals surface area contributed by atoms with Crippen LogP contribution >= 0.6 is 0 Å². The number of halogens is 1. The molecule has 1 fully saturated rings. The smallest absolute Gasteiger partial charge is 0.175 e. The molecule has 3 aromatic rings. The SMILES string of the molecule is Cc1ncc(-c2ccc3cnc(CC(=O)C4(F)CCN(CC(C)C)CC4)cc3c2)n1C. The van der Waals surface area contributed by atoms with Crippen molar-refractivity contribution in [3.05, 3.63) is 48.2 Å². The van der Waals surface area contributed by atoms with E-state index in [-0.39, 0.29) is 25.0 Å². The van der Waals surface area contributed by atoms with Gasteiger partial charge in [0.1, 0.15) is 5.82 Å². The predicted molar refractivity (Wildman–Crippen MR) is 122 cm³/mol. The Morgan fingerprint density at radius 3 is 2.52 bits per heavy atom. The van der Waals surface area contributed by atoms with Gasteiger partial charge in [0.2, 0.25) is 0 Å². The van der Waals surface area contributed by atoms with E-state index in [1.165, 1.54) is 0 Å². The van der Waals surface area contributed by atoms with Gasteiger partial charge in [-0.1, -0.05) is 26.0 Å². The molecule has 0 N–H and O–H groups in total. The van der Waals surface area contributed by atoms with E-state index in [4.69, 9.17) is 0 Å². The van der Waals surface area contributed by atoms with Crippen LogP contribution < -0.4 is 0 Å². The Bertz CT molecular complexity index is 1100. The lowest BCUT2D eigenvalue weighted by molar-refractivity contribution is -0.133. The largest absolute Gasteiger partial charge is 0.331 e. The molecule has 4 rings (SSSR count). The monoisotopic (exact) mass is 422 g/mol. The molecular formula is C25H31FN4O. The zero-order valence-corrected chi connectivity index (χ0v) is 18.9. The zero-order chi connectivity index (χ0) is 22.2. The topological polar surface area (TPSA) is 51.0 Å². The van der Waals surface area contributed by atoms with Crippen molar-refractivity contribution in [3.8, 4) is 11.3 Å². The number of hydrogen-bond donors (Lipinski definition) is 0. The summed E-state index contributed by atoms with van der Waals surface area (Å²) in [5.41, 5.74) is 0.971. The maximum Gasteiger partial charge on any atom is 0.175 e. The lowest BCUT2D eigenvalue weighted by Crippen LogP contribution is -2.47.